The van der Waals surface area contributed by atoms with Gasteiger partial charge in [-0.2, -0.15) is 26.3 Å². The van der Waals surface area contributed by atoms with Crippen molar-refractivity contribution in [1.82, 2.24) is 0 Å². The van der Waals surface area contributed by atoms with Crippen molar-refractivity contribution in [1.29, 1.82) is 0 Å². The Labute approximate surface area is 107 Å². The quantitative estimate of drug-likeness (QED) is 0.798. The lowest BCUT2D eigenvalue weighted by molar-refractivity contribution is -0.307. The van der Waals surface area contributed by atoms with Gasteiger partial charge in [-0.15, -0.1) is 11.3 Å². The number of rotatable bonds is 2. The number of alkyl halides is 6. The minimum absolute atomic E-state index is 0.0483. The topological polar surface area (TPSA) is 20.2 Å². The molecule has 1 N–H and O–H groups in total. The molecule has 0 amide bonds. The molecule has 0 aliphatic carbocycles. The molecule has 104 valence electrons. The highest BCUT2D eigenvalue weighted by Crippen LogP contribution is 2.48. The summed E-state index contributed by atoms with van der Waals surface area (Å²) in [4.78, 5) is -0.461. The number of aryl methyl sites for hydroxylation is 1. The summed E-state index contributed by atoms with van der Waals surface area (Å²) in [5, 5.41) is 9.30. The van der Waals surface area contributed by atoms with Crippen LogP contribution < -0.4 is 0 Å². The summed E-state index contributed by atoms with van der Waals surface area (Å²) < 4.78 is 74.2. The second-order valence-corrected chi connectivity index (χ2v) is 5.30. The second-order valence-electron chi connectivity index (χ2n) is 3.61. The van der Waals surface area contributed by atoms with Crippen molar-refractivity contribution in [2.75, 3.05) is 0 Å². The van der Waals surface area contributed by atoms with E-state index in [2.05, 4.69) is 0 Å². The first-order chi connectivity index (χ1) is 7.94. The standard InChI is InChI=1S/C9H7ClF6OS/c1-3-2-4(18-7(3)10)5(17)6(8(11,12)13)9(14,15)16/h2,5-6,17H,1H3. The summed E-state index contributed by atoms with van der Waals surface area (Å²) >= 11 is 6.05. The fourth-order valence-corrected chi connectivity index (χ4v) is 2.58. The first-order valence-electron chi connectivity index (χ1n) is 4.52. The third-order valence-corrected chi connectivity index (χ3v) is 3.81. The first-order valence-corrected chi connectivity index (χ1v) is 5.71. The van der Waals surface area contributed by atoms with E-state index in [4.69, 9.17) is 11.6 Å². The maximum Gasteiger partial charge on any atom is 0.403 e. The van der Waals surface area contributed by atoms with Gasteiger partial charge in [0.15, 0.2) is 5.92 Å². The lowest BCUT2D eigenvalue weighted by Gasteiger charge is -2.26. The summed E-state index contributed by atoms with van der Waals surface area (Å²) in [5.74, 6) is -3.82. The Balaban J connectivity index is 3.15. The number of aliphatic hydroxyl groups excluding tert-OH is 1. The van der Waals surface area contributed by atoms with Gasteiger partial charge in [-0.3, -0.25) is 0 Å². The molecule has 1 aromatic rings. The zero-order valence-corrected chi connectivity index (χ0v) is 10.3. The summed E-state index contributed by atoms with van der Waals surface area (Å²) in [6, 6.07) is 1.02. The van der Waals surface area contributed by atoms with Crippen LogP contribution in [0.5, 0.6) is 0 Å². The van der Waals surface area contributed by atoms with E-state index in [1.165, 1.54) is 6.92 Å². The van der Waals surface area contributed by atoms with Gasteiger partial charge in [-0.1, -0.05) is 11.6 Å². The molecule has 0 radical (unpaired) electrons. The van der Waals surface area contributed by atoms with Crippen molar-refractivity contribution in [3.8, 4) is 0 Å². The molecule has 0 spiro atoms. The molecule has 1 atom stereocenters. The average molecular weight is 313 g/mol. The van der Waals surface area contributed by atoms with Gasteiger partial charge < -0.3 is 5.11 Å². The van der Waals surface area contributed by atoms with Crippen LogP contribution in [0.2, 0.25) is 4.34 Å². The van der Waals surface area contributed by atoms with Crippen molar-refractivity contribution in [3.63, 3.8) is 0 Å². The summed E-state index contributed by atoms with van der Waals surface area (Å²) in [7, 11) is 0. The maximum absolute atomic E-state index is 12.4. The first kappa shape index (κ1) is 15.6. The Morgan fingerprint density at radius 3 is 1.89 bits per heavy atom. The lowest BCUT2D eigenvalue weighted by Crippen LogP contribution is -2.40. The molecule has 18 heavy (non-hydrogen) atoms. The van der Waals surface area contributed by atoms with Gasteiger partial charge in [-0.25, -0.2) is 0 Å². The monoisotopic (exact) mass is 312 g/mol. The normalized spacial score (nSPS) is 15.2. The molecule has 0 fully saturated rings. The third-order valence-electron chi connectivity index (χ3n) is 2.19. The fourth-order valence-electron chi connectivity index (χ4n) is 1.34. The highest BCUT2D eigenvalue weighted by Gasteiger charge is 2.60. The van der Waals surface area contributed by atoms with Crippen LogP contribution in [-0.2, 0) is 0 Å². The molecular formula is C9H7ClF6OS. The lowest BCUT2D eigenvalue weighted by atomic mass is 9.99. The molecule has 0 bridgehead atoms. The van der Waals surface area contributed by atoms with E-state index >= 15 is 0 Å². The molecule has 9 heteroatoms. The summed E-state index contributed by atoms with van der Waals surface area (Å²) in [5.41, 5.74) is 0.318. The number of aliphatic hydroxyl groups is 1. The van der Waals surface area contributed by atoms with E-state index in [9.17, 15) is 31.4 Å². The predicted octanol–water partition coefficient (Wildman–Crippen LogP) is 4.48. The van der Waals surface area contributed by atoms with Crippen molar-refractivity contribution >= 4 is 22.9 Å². The Kier molecular flexibility index (Phi) is 4.24. The molecule has 1 nitrogen and oxygen atoms in total. The van der Waals surface area contributed by atoms with Crippen LogP contribution in [0.4, 0.5) is 26.3 Å². The third kappa shape index (κ3) is 3.30. The van der Waals surface area contributed by atoms with Crippen LogP contribution in [0.1, 0.15) is 16.5 Å². The predicted molar refractivity (Wildman–Crippen MR) is 54.6 cm³/mol. The number of hydrogen-bond donors (Lipinski definition) is 1. The van der Waals surface area contributed by atoms with Gasteiger partial charge in [0.2, 0.25) is 0 Å². The van der Waals surface area contributed by atoms with Crippen molar-refractivity contribution in [2.24, 2.45) is 5.92 Å². The number of halogens is 7. The molecule has 1 aromatic heterocycles. The second kappa shape index (κ2) is 4.90. The van der Waals surface area contributed by atoms with Crippen molar-refractivity contribution in [3.05, 3.63) is 20.8 Å². The summed E-state index contributed by atoms with van der Waals surface area (Å²) in [6.45, 7) is 1.42. The zero-order valence-electron chi connectivity index (χ0n) is 8.73. The minimum atomic E-state index is -5.58. The Hall–Kier alpha value is -0.470. The van der Waals surface area contributed by atoms with Crippen molar-refractivity contribution < 1.29 is 31.4 Å². The van der Waals surface area contributed by atoms with Gasteiger partial charge in [0, 0.05) is 4.88 Å². The molecule has 0 aliphatic heterocycles. The maximum atomic E-state index is 12.4. The van der Waals surface area contributed by atoms with Gasteiger partial charge in [-0.05, 0) is 18.6 Å². The SMILES string of the molecule is Cc1cc(C(O)C(C(F)(F)F)C(F)(F)F)sc1Cl. The molecule has 0 aliphatic rings. The summed E-state index contributed by atoms with van der Waals surface area (Å²) in [6.07, 6.45) is -13.9. The molecule has 1 unspecified atom stereocenters. The van der Waals surface area contributed by atoms with Crippen LogP contribution in [0, 0.1) is 12.8 Å². The largest absolute Gasteiger partial charge is 0.403 e. The van der Waals surface area contributed by atoms with E-state index in [1.54, 1.807) is 0 Å². The van der Waals surface area contributed by atoms with Gasteiger partial charge in [0.25, 0.3) is 0 Å². The van der Waals surface area contributed by atoms with Crippen molar-refractivity contribution in [2.45, 2.75) is 25.4 Å². The van der Waals surface area contributed by atoms with Gasteiger partial charge in [0.1, 0.15) is 6.10 Å². The highest BCUT2D eigenvalue weighted by molar-refractivity contribution is 7.16. The van der Waals surface area contributed by atoms with E-state index in [0.717, 1.165) is 6.07 Å². The molecule has 0 saturated heterocycles. The van der Waals surface area contributed by atoms with Gasteiger partial charge in [0.05, 0.1) is 4.34 Å². The average Bonchev–Trinajstić information content (AvgIpc) is 2.41. The van der Waals surface area contributed by atoms with E-state index < -0.39 is 29.3 Å². The smallest absolute Gasteiger partial charge is 0.387 e. The van der Waals surface area contributed by atoms with Gasteiger partial charge >= 0.3 is 12.4 Å². The fraction of sp³-hybridized carbons (Fsp3) is 0.556. The van der Waals surface area contributed by atoms with E-state index in [-0.39, 0.29) is 4.34 Å². The van der Waals surface area contributed by atoms with E-state index in [0.29, 0.717) is 16.9 Å². The van der Waals surface area contributed by atoms with Crippen LogP contribution >= 0.6 is 22.9 Å². The van der Waals surface area contributed by atoms with Crippen LogP contribution in [0.25, 0.3) is 0 Å². The highest BCUT2D eigenvalue weighted by atomic mass is 35.5. The molecule has 1 rings (SSSR count). The Morgan fingerprint density at radius 1 is 1.17 bits per heavy atom. The van der Waals surface area contributed by atoms with Crippen LogP contribution in [-0.4, -0.2) is 17.5 Å². The number of thiophene rings is 1. The molecule has 0 saturated carbocycles. The molecule has 0 aromatic carbocycles. The van der Waals surface area contributed by atoms with Crippen LogP contribution in [0.15, 0.2) is 6.07 Å². The minimum Gasteiger partial charge on any atom is -0.387 e. The van der Waals surface area contributed by atoms with E-state index in [1.807, 2.05) is 0 Å². The molecule has 1 heterocycles. The Bertz CT molecular complexity index is 390. The zero-order chi connectivity index (χ0) is 14.3. The Morgan fingerprint density at radius 2 is 1.61 bits per heavy atom. The number of hydrogen-bond acceptors (Lipinski definition) is 2. The molecular weight excluding hydrogens is 306 g/mol. The van der Waals surface area contributed by atoms with Crippen LogP contribution in [0.3, 0.4) is 0 Å².